The summed E-state index contributed by atoms with van der Waals surface area (Å²) in [6.45, 7) is 0. The van der Waals surface area contributed by atoms with Crippen LogP contribution < -0.4 is 10.6 Å². The summed E-state index contributed by atoms with van der Waals surface area (Å²) >= 11 is 0. The van der Waals surface area contributed by atoms with Crippen molar-refractivity contribution in [1.82, 2.24) is 0 Å². The summed E-state index contributed by atoms with van der Waals surface area (Å²) in [6.07, 6.45) is 0. The SMILES string of the molecule is CN(C)c1ccc2cc(C(=O)[C@H](N)C(=O)O)ccc2c1. The van der Waals surface area contributed by atoms with E-state index in [0.717, 1.165) is 16.5 Å². The summed E-state index contributed by atoms with van der Waals surface area (Å²) in [4.78, 5) is 24.6. The first-order valence-corrected chi connectivity index (χ1v) is 6.14. The monoisotopic (exact) mass is 272 g/mol. The van der Waals surface area contributed by atoms with Gasteiger partial charge in [0, 0.05) is 25.3 Å². The van der Waals surface area contributed by atoms with E-state index in [1.807, 2.05) is 37.2 Å². The average molecular weight is 272 g/mol. The topological polar surface area (TPSA) is 83.6 Å². The van der Waals surface area contributed by atoms with Gasteiger partial charge in [-0.05, 0) is 29.0 Å². The number of carbonyl (C=O) groups is 2. The molecule has 5 heteroatoms. The van der Waals surface area contributed by atoms with Crippen LogP contribution in [0, 0.1) is 0 Å². The molecule has 0 radical (unpaired) electrons. The van der Waals surface area contributed by atoms with Gasteiger partial charge in [0.25, 0.3) is 0 Å². The zero-order valence-corrected chi connectivity index (χ0v) is 11.3. The second kappa shape index (κ2) is 5.30. The van der Waals surface area contributed by atoms with E-state index in [0.29, 0.717) is 5.56 Å². The Morgan fingerprint density at radius 1 is 1.10 bits per heavy atom. The van der Waals surface area contributed by atoms with Gasteiger partial charge in [0.1, 0.15) is 0 Å². The van der Waals surface area contributed by atoms with Crippen molar-refractivity contribution in [3.05, 3.63) is 42.0 Å². The van der Waals surface area contributed by atoms with Crippen LogP contribution in [0.3, 0.4) is 0 Å². The number of nitrogens with zero attached hydrogens (tertiary/aromatic N) is 1. The molecule has 1 atom stereocenters. The normalized spacial score (nSPS) is 12.2. The molecule has 0 amide bonds. The average Bonchev–Trinajstić information content (AvgIpc) is 2.44. The molecule has 0 aliphatic heterocycles. The molecule has 0 heterocycles. The van der Waals surface area contributed by atoms with Crippen molar-refractivity contribution >= 4 is 28.2 Å². The summed E-state index contributed by atoms with van der Waals surface area (Å²) in [7, 11) is 3.90. The minimum atomic E-state index is -1.52. The van der Waals surface area contributed by atoms with Gasteiger partial charge in [0.05, 0.1) is 0 Å². The second-order valence-corrected chi connectivity index (χ2v) is 4.82. The predicted molar refractivity (Wildman–Crippen MR) is 78.2 cm³/mol. The molecule has 0 aliphatic carbocycles. The first-order valence-electron chi connectivity index (χ1n) is 6.14. The standard InChI is InChI=1S/C15H16N2O3/c1-17(2)12-6-5-9-7-11(4-3-10(9)8-12)14(18)13(16)15(19)20/h3-8,13H,16H2,1-2H3,(H,19,20)/t13-/m0/s1. The van der Waals surface area contributed by atoms with Gasteiger partial charge in [0.15, 0.2) is 11.8 Å². The Labute approximate surface area is 116 Å². The van der Waals surface area contributed by atoms with Crippen LogP contribution in [0.15, 0.2) is 36.4 Å². The zero-order valence-electron chi connectivity index (χ0n) is 11.3. The Balaban J connectivity index is 2.42. The highest BCUT2D eigenvalue weighted by molar-refractivity contribution is 6.12. The number of anilines is 1. The molecule has 20 heavy (non-hydrogen) atoms. The highest BCUT2D eigenvalue weighted by Gasteiger charge is 2.22. The first kappa shape index (κ1) is 14.0. The fourth-order valence-electron chi connectivity index (χ4n) is 1.96. The second-order valence-electron chi connectivity index (χ2n) is 4.82. The lowest BCUT2D eigenvalue weighted by molar-refractivity contribution is -0.137. The van der Waals surface area contributed by atoms with Crippen LogP contribution in [-0.2, 0) is 4.79 Å². The quantitative estimate of drug-likeness (QED) is 0.651. The van der Waals surface area contributed by atoms with Gasteiger partial charge < -0.3 is 15.7 Å². The summed E-state index contributed by atoms with van der Waals surface area (Å²) < 4.78 is 0. The van der Waals surface area contributed by atoms with E-state index in [-0.39, 0.29) is 0 Å². The summed E-state index contributed by atoms with van der Waals surface area (Å²) in [6, 6.07) is 9.38. The predicted octanol–water partition coefficient (Wildman–Crippen LogP) is 1.50. The number of benzene rings is 2. The third kappa shape index (κ3) is 2.62. The minimum Gasteiger partial charge on any atom is -0.480 e. The molecule has 0 saturated carbocycles. The van der Waals surface area contributed by atoms with E-state index in [1.165, 1.54) is 0 Å². The fraction of sp³-hybridized carbons (Fsp3) is 0.200. The Hall–Kier alpha value is -2.40. The van der Waals surface area contributed by atoms with Gasteiger partial charge in [-0.2, -0.15) is 0 Å². The Morgan fingerprint density at radius 2 is 1.70 bits per heavy atom. The Morgan fingerprint density at radius 3 is 2.30 bits per heavy atom. The van der Waals surface area contributed by atoms with Crippen molar-refractivity contribution in [2.45, 2.75) is 6.04 Å². The molecule has 0 fully saturated rings. The van der Waals surface area contributed by atoms with Crippen LogP contribution in [-0.4, -0.2) is 37.0 Å². The number of aliphatic carboxylic acids is 1. The highest BCUT2D eigenvalue weighted by Crippen LogP contribution is 2.22. The van der Waals surface area contributed by atoms with Gasteiger partial charge >= 0.3 is 5.97 Å². The van der Waals surface area contributed by atoms with Gasteiger partial charge in [-0.1, -0.05) is 18.2 Å². The van der Waals surface area contributed by atoms with E-state index < -0.39 is 17.8 Å². The van der Waals surface area contributed by atoms with E-state index in [1.54, 1.807) is 18.2 Å². The van der Waals surface area contributed by atoms with E-state index in [2.05, 4.69) is 0 Å². The number of Topliss-reactive ketones (excluding diaryl/α,β-unsaturated/α-hetero) is 1. The zero-order chi connectivity index (χ0) is 14.9. The molecule has 2 aromatic carbocycles. The molecule has 0 aliphatic rings. The van der Waals surface area contributed by atoms with Gasteiger partial charge in [-0.25, -0.2) is 0 Å². The maximum absolute atomic E-state index is 11.9. The molecule has 104 valence electrons. The number of hydrogen-bond donors (Lipinski definition) is 2. The van der Waals surface area contributed by atoms with Gasteiger partial charge in [-0.3, -0.25) is 9.59 Å². The maximum atomic E-state index is 11.9. The smallest absolute Gasteiger partial charge is 0.328 e. The highest BCUT2D eigenvalue weighted by atomic mass is 16.4. The van der Waals surface area contributed by atoms with Crippen molar-refractivity contribution in [2.24, 2.45) is 5.73 Å². The number of carbonyl (C=O) groups excluding carboxylic acids is 1. The maximum Gasteiger partial charge on any atom is 0.328 e. The Bertz CT molecular complexity index is 680. The molecule has 2 aromatic rings. The third-order valence-electron chi connectivity index (χ3n) is 3.17. The summed E-state index contributed by atoms with van der Waals surface area (Å²) in [5, 5.41) is 10.6. The molecule has 0 bridgehead atoms. The molecule has 0 spiro atoms. The van der Waals surface area contributed by atoms with Crippen molar-refractivity contribution < 1.29 is 14.7 Å². The molecular weight excluding hydrogens is 256 g/mol. The van der Waals surface area contributed by atoms with Crippen molar-refractivity contribution in [3.8, 4) is 0 Å². The lowest BCUT2D eigenvalue weighted by Crippen LogP contribution is -2.38. The molecular formula is C15H16N2O3. The van der Waals surface area contributed by atoms with Crippen molar-refractivity contribution in [3.63, 3.8) is 0 Å². The molecule has 0 saturated heterocycles. The molecule has 5 nitrogen and oxygen atoms in total. The number of carboxylic acids is 1. The van der Waals surface area contributed by atoms with Crippen molar-refractivity contribution in [1.29, 1.82) is 0 Å². The van der Waals surface area contributed by atoms with Crippen LogP contribution in [0.25, 0.3) is 10.8 Å². The molecule has 0 aromatic heterocycles. The largest absolute Gasteiger partial charge is 0.480 e. The number of fused-ring (bicyclic) bond motifs is 1. The number of carboxylic acid groups (broad SMARTS) is 1. The third-order valence-corrected chi connectivity index (χ3v) is 3.17. The Kier molecular flexibility index (Phi) is 3.72. The number of rotatable bonds is 4. The van der Waals surface area contributed by atoms with Crippen molar-refractivity contribution in [2.75, 3.05) is 19.0 Å². The van der Waals surface area contributed by atoms with Crippen LogP contribution >= 0.6 is 0 Å². The van der Waals surface area contributed by atoms with Crippen LogP contribution in [0.1, 0.15) is 10.4 Å². The molecule has 0 unspecified atom stereocenters. The number of nitrogens with two attached hydrogens (primary N) is 1. The van der Waals surface area contributed by atoms with Gasteiger partial charge in [0.2, 0.25) is 0 Å². The van der Waals surface area contributed by atoms with E-state index in [4.69, 9.17) is 10.8 Å². The lowest BCUT2D eigenvalue weighted by Gasteiger charge is -2.13. The van der Waals surface area contributed by atoms with Crippen LogP contribution in [0.4, 0.5) is 5.69 Å². The van der Waals surface area contributed by atoms with E-state index in [9.17, 15) is 9.59 Å². The summed E-state index contributed by atoms with van der Waals surface area (Å²) in [5.41, 5.74) is 6.71. The molecule has 3 N–H and O–H groups in total. The fourth-order valence-corrected chi connectivity index (χ4v) is 1.96. The van der Waals surface area contributed by atoms with Crippen LogP contribution in [0.5, 0.6) is 0 Å². The lowest BCUT2D eigenvalue weighted by atomic mass is 10.0. The minimum absolute atomic E-state index is 0.310. The number of ketones is 1. The van der Waals surface area contributed by atoms with E-state index >= 15 is 0 Å². The van der Waals surface area contributed by atoms with Crippen LogP contribution in [0.2, 0.25) is 0 Å². The molecule has 2 rings (SSSR count). The van der Waals surface area contributed by atoms with Gasteiger partial charge in [-0.15, -0.1) is 0 Å². The first-order chi connectivity index (χ1) is 9.40. The summed E-state index contributed by atoms with van der Waals surface area (Å²) in [5.74, 6) is -1.91. The number of hydrogen-bond acceptors (Lipinski definition) is 4.